The van der Waals surface area contributed by atoms with Gasteiger partial charge >= 0.3 is 0 Å². The highest BCUT2D eigenvalue weighted by Gasteiger charge is 2.19. The van der Waals surface area contributed by atoms with Crippen molar-refractivity contribution >= 4 is 11.8 Å². The van der Waals surface area contributed by atoms with Gasteiger partial charge < -0.3 is 19.7 Å². The van der Waals surface area contributed by atoms with Gasteiger partial charge in [0, 0.05) is 26.6 Å². The first-order valence-corrected chi connectivity index (χ1v) is 5.35. The van der Waals surface area contributed by atoms with Crippen LogP contribution in [0.1, 0.15) is 6.42 Å². The van der Waals surface area contributed by atoms with E-state index in [1.165, 1.54) is 0 Å². The van der Waals surface area contributed by atoms with Crippen LogP contribution in [0.3, 0.4) is 0 Å². The van der Waals surface area contributed by atoms with Gasteiger partial charge in [-0.1, -0.05) is 0 Å². The number of hydrogen-bond acceptors (Lipinski definition) is 4. The summed E-state index contributed by atoms with van der Waals surface area (Å²) in [5.41, 5.74) is 0. The third-order valence-electron chi connectivity index (χ3n) is 2.34. The minimum Gasteiger partial charge on any atom is -0.382 e. The second-order valence-corrected chi connectivity index (χ2v) is 3.51. The molecule has 92 valence electrons. The standard InChI is InChI=1S/C10H18N2O4/c1-15-6-7-16-5-4-12-3-2-9(13)11-8-10(12)14/h2-8H2,1H3,(H,11,13). The number of methoxy groups -OCH3 is 1. The molecule has 1 rings (SSSR count). The molecule has 1 N–H and O–H groups in total. The van der Waals surface area contributed by atoms with Gasteiger partial charge in [-0.2, -0.15) is 0 Å². The molecule has 0 aromatic heterocycles. The average Bonchev–Trinajstić information content (AvgIpc) is 2.43. The second-order valence-electron chi connectivity index (χ2n) is 3.51. The van der Waals surface area contributed by atoms with Crippen LogP contribution < -0.4 is 5.32 Å². The average molecular weight is 230 g/mol. The van der Waals surface area contributed by atoms with E-state index in [1.54, 1.807) is 12.0 Å². The quantitative estimate of drug-likeness (QED) is 0.594. The Morgan fingerprint density at radius 2 is 2.12 bits per heavy atom. The molecule has 6 nitrogen and oxygen atoms in total. The highest BCUT2D eigenvalue weighted by molar-refractivity contribution is 5.87. The topological polar surface area (TPSA) is 67.9 Å². The summed E-state index contributed by atoms with van der Waals surface area (Å²) in [6, 6.07) is 0. The normalized spacial score (nSPS) is 17.2. The van der Waals surface area contributed by atoms with Gasteiger partial charge in [-0.25, -0.2) is 0 Å². The van der Waals surface area contributed by atoms with Crippen LogP contribution in [0.15, 0.2) is 0 Å². The van der Waals surface area contributed by atoms with Gasteiger partial charge in [0.15, 0.2) is 0 Å². The molecule has 0 spiro atoms. The number of nitrogens with zero attached hydrogens (tertiary/aromatic N) is 1. The molecule has 0 radical (unpaired) electrons. The molecular weight excluding hydrogens is 212 g/mol. The Bertz CT molecular complexity index is 245. The molecule has 2 amide bonds. The zero-order chi connectivity index (χ0) is 11.8. The van der Waals surface area contributed by atoms with Crippen molar-refractivity contribution in [1.29, 1.82) is 0 Å². The SMILES string of the molecule is COCCOCCN1CCC(=O)NCC1=O. The van der Waals surface area contributed by atoms with Crippen LogP contribution in [0, 0.1) is 0 Å². The van der Waals surface area contributed by atoms with Crippen LogP contribution >= 0.6 is 0 Å². The van der Waals surface area contributed by atoms with Gasteiger partial charge in [-0.05, 0) is 0 Å². The van der Waals surface area contributed by atoms with E-state index in [-0.39, 0.29) is 18.4 Å². The van der Waals surface area contributed by atoms with E-state index in [0.29, 0.717) is 39.3 Å². The largest absolute Gasteiger partial charge is 0.382 e. The molecule has 0 aromatic carbocycles. The van der Waals surface area contributed by atoms with Crippen molar-refractivity contribution in [3.8, 4) is 0 Å². The van der Waals surface area contributed by atoms with Gasteiger partial charge in [0.1, 0.15) is 0 Å². The Hall–Kier alpha value is -1.14. The Balaban J connectivity index is 2.19. The van der Waals surface area contributed by atoms with Crippen molar-refractivity contribution in [2.45, 2.75) is 6.42 Å². The molecule has 6 heteroatoms. The van der Waals surface area contributed by atoms with Crippen molar-refractivity contribution in [2.75, 3.05) is 46.6 Å². The van der Waals surface area contributed by atoms with Crippen molar-refractivity contribution in [1.82, 2.24) is 10.2 Å². The van der Waals surface area contributed by atoms with E-state index in [2.05, 4.69) is 5.32 Å². The lowest BCUT2D eigenvalue weighted by molar-refractivity contribution is -0.130. The molecule has 0 aliphatic carbocycles. The molecule has 1 heterocycles. The molecule has 0 bridgehead atoms. The summed E-state index contributed by atoms with van der Waals surface area (Å²) in [4.78, 5) is 24.2. The van der Waals surface area contributed by atoms with Gasteiger partial charge in [-0.15, -0.1) is 0 Å². The zero-order valence-corrected chi connectivity index (χ0v) is 9.53. The fraction of sp³-hybridized carbons (Fsp3) is 0.800. The van der Waals surface area contributed by atoms with Gasteiger partial charge in [0.05, 0.1) is 26.4 Å². The van der Waals surface area contributed by atoms with Crippen molar-refractivity contribution in [2.24, 2.45) is 0 Å². The number of nitrogens with one attached hydrogen (secondary N) is 1. The minimum absolute atomic E-state index is 0.0545. The lowest BCUT2D eigenvalue weighted by Crippen LogP contribution is -2.37. The summed E-state index contributed by atoms with van der Waals surface area (Å²) >= 11 is 0. The van der Waals surface area contributed by atoms with Crippen LogP contribution in [-0.2, 0) is 19.1 Å². The van der Waals surface area contributed by atoms with Crippen molar-refractivity contribution < 1.29 is 19.1 Å². The lowest BCUT2D eigenvalue weighted by atomic mass is 10.4. The molecule has 1 aliphatic rings. The molecule has 1 fully saturated rings. The predicted octanol–water partition coefficient (Wildman–Crippen LogP) is -1.00. The number of amides is 2. The maximum Gasteiger partial charge on any atom is 0.242 e. The van der Waals surface area contributed by atoms with Crippen LogP contribution in [0.25, 0.3) is 0 Å². The van der Waals surface area contributed by atoms with E-state index >= 15 is 0 Å². The molecule has 1 aliphatic heterocycles. The molecule has 0 aromatic rings. The number of rotatable bonds is 6. The van der Waals surface area contributed by atoms with Crippen LogP contribution in [0.5, 0.6) is 0 Å². The van der Waals surface area contributed by atoms with E-state index in [0.717, 1.165) is 0 Å². The Kier molecular flexibility index (Phi) is 5.81. The maximum atomic E-state index is 11.5. The summed E-state index contributed by atoms with van der Waals surface area (Å²) < 4.78 is 10.1. The monoisotopic (exact) mass is 230 g/mol. The van der Waals surface area contributed by atoms with E-state index in [9.17, 15) is 9.59 Å². The van der Waals surface area contributed by atoms with Gasteiger partial charge in [-0.3, -0.25) is 9.59 Å². The first-order chi connectivity index (χ1) is 7.74. The molecule has 0 atom stereocenters. The Morgan fingerprint density at radius 3 is 2.88 bits per heavy atom. The third kappa shape index (κ3) is 4.59. The van der Waals surface area contributed by atoms with E-state index in [4.69, 9.17) is 9.47 Å². The fourth-order valence-corrected chi connectivity index (χ4v) is 1.39. The van der Waals surface area contributed by atoms with Gasteiger partial charge in [0.2, 0.25) is 11.8 Å². The minimum atomic E-state index is -0.0730. The lowest BCUT2D eigenvalue weighted by Gasteiger charge is -2.19. The number of ether oxygens (including phenoxy) is 2. The first kappa shape index (κ1) is 12.9. The fourth-order valence-electron chi connectivity index (χ4n) is 1.39. The summed E-state index contributed by atoms with van der Waals surface area (Å²) in [5.74, 6) is -0.127. The molecule has 1 saturated heterocycles. The number of carbonyl (C=O) groups excluding carboxylic acids is 2. The van der Waals surface area contributed by atoms with Crippen molar-refractivity contribution in [3.05, 3.63) is 0 Å². The maximum absolute atomic E-state index is 11.5. The van der Waals surface area contributed by atoms with Crippen LogP contribution in [0.4, 0.5) is 0 Å². The summed E-state index contributed by atoms with van der Waals surface area (Å²) in [6.45, 7) is 2.64. The second kappa shape index (κ2) is 7.19. The van der Waals surface area contributed by atoms with Gasteiger partial charge in [0.25, 0.3) is 0 Å². The van der Waals surface area contributed by atoms with E-state index in [1.807, 2.05) is 0 Å². The van der Waals surface area contributed by atoms with Crippen LogP contribution in [0.2, 0.25) is 0 Å². The molecule has 0 saturated carbocycles. The Morgan fingerprint density at radius 1 is 1.31 bits per heavy atom. The van der Waals surface area contributed by atoms with Crippen molar-refractivity contribution in [3.63, 3.8) is 0 Å². The first-order valence-electron chi connectivity index (χ1n) is 5.35. The molecular formula is C10H18N2O4. The molecule has 16 heavy (non-hydrogen) atoms. The third-order valence-corrected chi connectivity index (χ3v) is 2.34. The smallest absolute Gasteiger partial charge is 0.242 e. The Labute approximate surface area is 94.9 Å². The highest BCUT2D eigenvalue weighted by Crippen LogP contribution is 1.97. The number of carbonyl (C=O) groups is 2. The van der Waals surface area contributed by atoms with E-state index < -0.39 is 0 Å². The van der Waals surface area contributed by atoms with Crippen LogP contribution in [-0.4, -0.2) is 63.3 Å². The summed E-state index contributed by atoms with van der Waals surface area (Å²) in [7, 11) is 1.61. The zero-order valence-electron chi connectivity index (χ0n) is 9.53. The summed E-state index contributed by atoms with van der Waals surface area (Å²) in [6.07, 6.45) is 0.365. The predicted molar refractivity (Wildman–Crippen MR) is 56.9 cm³/mol. The highest BCUT2D eigenvalue weighted by atomic mass is 16.5. The number of hydrogen-bond donors (Lipinski definition) is 1. The summed E-state index contributed by atoms with van der Waals surface area (Å²) in [5, 5.41) is 2.54. The molecule has 0 unspecified atom stereocenters.